The first-order chi connectivity index (χ1) is 14.0. The summed E-state index contributed by atoms with van der Waals surface area (Å²) in [7, 11) is 8.00. The predicted molar refractivity (Wildman–Crippen MR) is 112 cm³/mol. The lowest BCUT2D eigenvalue weighted by molar-refractivity contribution is 0.324. The highest BCUT2D eigenvalue weighted by Gasteiger charge is 2.21. The summed E-state index contributed by atoms with van der Waals surface area (Å²) in [6.45, 7) is 4.06. The van der Waals surface area contributed by atoms with Crippen LogP contribution < -0.4 is 23.7 Å². The third kappa shape index (κ3) is 3.58. The molecule has 0 fully saturated rings. The minimum atomic E-state index is 0.541. The minimum Gasteiger partial charge on any atom is -0.493 e. The van der Waals surface area contributed by atoms with Gasteiger partial charge >= 0.3 is 0 Å². The van der Waals surface area contributed by atoms with Gasteiger partial charge < -0.3 is 28.1 Å². The maximum absolute atomic E-state index is 6.31. The third-order valence-corrected chi connectivity index (χ3v) is 5.02. The van der Waals surface area contributed by atoms with Crippen molar-refractivity contribution in [3.8, 4) is 51.4 Å². The second-order valence-corrected chi connectivity index (χ2v) is 6.49. The number of rotatable bonds is 7. The van der Waals surface area contributed by atoms with Crippen LogP contribution in [0.3, 0.4) is 0 Å². The topological polar surface area (TPSA) is 59.3 Å². The van der Waals surface area contributed by atoms with Gasteiger partial charge in [0, 0.05) is 11.1 Å². The molecule has 0 aliphatic carbocycles. The van der Waals surface area contributed by atoms with E-state index in [0.29, 0.717) is 28.7 Å². The number of benzene rings is 2. The average molecular weight is 398 g/mol. The molecular formula is C23H26O6. The molecule has 0 amide bonds. The van der Waals surface area contributed by atoms with E-state index >= 15 is 0 Å². The first kappa shape index (κ1) is 20.5. The summed E-state index contributed by atoms with van der Waals surface area (Å²) in [5.74, 6) is 4.51. The van der Waals surface area contributed by atoms with E-state index in [1.807, 2.05) is 44.2 Å². The normalized spacial score (nSPS) is 10.6. The van der Waals surface area contributed by atoms with Crippen LogP contribution in [-0.4, -0.2) is 35.5 Å². The Hall–Kier alpha value is -3.28. The highest BCUT2D eigenvalue weighted by Crippen LogP contribution is 2.44. The fourth-order valence-electron chi connectivity index (χ4n) is 3.34. The molecule has 1 aromatic heterocycles. The van der Waals surface area contributed by atoms with Crippen molar-refractivity contribution in [2.75, 3.05) is 35.5 Å². The van der Waals surface area contributed by atoms with E-state index < -0.39 is 0 Å². The minimum absolute atomic E-state index is 0.541. The summed E-state index contributed by atoms with van der Waals surface area (Å²) in [4.78, 5) is 0. The molecule has 0 bridgehead atoms. The Morgan fingerprint density at radius 2 is 1.03 bits per heavy atom. The standard InChI is InChI=1S/C23H26O6/c1-13-14(2)22(16-11-19(26-5)23(28-7)20(12-16)27-6)29-21(13)15-8-9-17(24-3)18(10-15)25-4/h8-12H,1-7H3. The zero-order valence-corrected chi connectivity index (χ0v) is 17.8. The smallest absolute Gasteiger partial charge is 0.203 e. The Labute approximate surface area is 170 Å². The van der Waals surface area contributed by atoms with E-state index in [0.717, 1.165) is 33.8 Å². The van der Waals surface area contributed by atoms with Gasteiger partial charge in [0.1, 0.15) is 11.5 Å². The molecule has 0 saturated heterocycles. The molecular weight excluding hydrogens is 372 g/mol. The molecule has 6 heteroatoms. The molecule has 154 valence electrons. The second kappa shape index (κ2) is 8.39. The van der Waals surface area contributed by atoms with Crippen LogP contribution in [0, 0.1) is 13.8 Å². The van der Waals surface area contributed by atoms with Gasteiger partial charge in [-0.2, -0.15) is 0 Å². The zero-order valence-electron chi connectivity index (χ0n) is 17.8. The first-order valence-electron chi connectivity index (χ1n) is 9.11. The van der Waals surface area contributed by atoms with E-state index in [1.54, 1.807) is 35.5 Å². The Morgan fingerprint density at radius 3 is 1.52 bits per heavy atom. The van der Waals surface area contributed by atoms with Crippen molar-refractivity contribution in [3.05, 3.63) is 41.5 Å². The summed E-state index contributed by atoms with van der Waals surface area (Å²) in [6.07, 6.45) is 0. The monoisotopic (exact) mass is 398 g/mol. The lowest BCUT2D eigenvalue weighted by atomic mass is 10.0. The van der Waals surface area contributed by atoms with Crippen molar-refractivity contribution in [2.24, 2.45) is 0 Å². The van der Waals surface area contributed by atoms with Gasteiger partial charge in [0.15, 0.2) is 23.0 Å². The Balaban J connectivity index is 2.15. The lowest BCUT2D eigenvalue weighted by Crippen LogP contribution is -1.95. The van der Waals surface area contributed by atoms with E-state index in [-0.39, 0.29) is 0 Å². The van der Waals surface area contributed by atoms with Crippen molar-refractivity contribution in [2.45, 2.75) is 13.8 Å². The molecule has 2 aromatic carbocycles. The fraction of sp³-hybridized carbons (Fsp3) is 0.304. The van der Waals surface area contributed by atoms with Crippen molar-refractivity contribution in [3.63, 3.8) is 0 Å². The van der Waals surface area contributed by atoms with Crippen molar-refractivity contribution in [1.29, 1.82) is 0 Å². The quantitative estimate of drug-likeness (QED) is 0.540. The molecule has 0 N–H and O–H groups in total. The van der Waals surface area contributed by atoms with Crippen LogP contribution in [0.2, 0.25) is 0 Å². The fourth-order valence-corrected chi connectivity index (χ4v) is 3.34. The van der Waals surface area contributed by atoms with Crippen LogP contribution in [0.4, 0.5) is 0 Å². The Kier molecular flexibility index (Phi) is 5.92. The lowest BCUT2D eigenvalue weighted by Gasteiger charge is -2.13. The van der Waals surface area contributed by atoms with Gasteiger partial charge in [-0.05, 0) is 55.3 Å². The Morgan fingerprint density at radius 1 is 0.552 bits per heavy atom. The van der Waals surface area contributed by atoms with Crippen molar-refractivity contribution >= 4 is 0 Å². The molecule has 0 unspecified atom stereocenters. The van der Waals surface area contributed by atoms with Crippen LogP contribution >= 0.6 is 0 Å². The number of furan rings is 1. The molecule has 3 rings (SSSR count). The molecule has 0 spiro atoms. The maximum atomic E-state index is 6.31. The van der Waals surface area contributed by atoms with E-state index in [1.165, 1.54) is 0 Å². The van der Waals surface area contributed by atoms with Gasteiger partial charge in [0.25, 0.3) is 0 Å². The molecule has 6 nitrogen and oxygen atoms in total. The molecule has 0 atom stereocenters. The predicted octanol–water partition coefficient (Wildman–Crippen LogP) is 5.27. The van der Waals surface area contributed by atoms with Gasteiger partial charge in [-0.3, -0.25) is 0 Å². The van der Waals surface area contributed by atoms with Gasteiger partial charge in [0.2, 0.25) is 5.75 Å². The summed E-state index contributed by atoms with van der Waals surface area (Å²) < 4.78 is 33.5. The van der Waals surface area contributed by atoms with Gasteiger partial charge in [-0.1, -0.05) is 0 Å². The summed E-state index contributed by atoms with van der Waals surface area (Å²) >= 11 is 0. The molecule has 0 aliphatic heterocycles. The van der Waals surface area contributed by atoms with Crippen LogP contribution in [0.1, 0.15) is 11.1 Å². The zero-order chi connectivity index (χ0) is 21.1. The van der Waals surface area contributed by atoms with E-state index in [4.69, 9.17) is 28.1 Å². The third-order valence-electron chi connectivity index (χ3n) is 5.02. The number of ether oxygens (including phenoxy) is 5. The highest BCUT2D eigenvalue weighted by atomic mass is 16.5. The maximum Gasteiger partial charge on any atom is 0.203 e. The molecule has 0 aliphatic rings. The molecule has 3 aromatic rings. The number of methoxy groups -OCH3 is 5. The molecule has 1 heterocycles. The van der Waals surface area contributed by atoms with Gasteiger partial charge in [-0.25, -0.2) is 0 Å². The van der Waals surface area contributed by atoms with Crippen molar-refractivity contribution in [1.82, 2.24) is 0 Å². The van der Waals surface area contributed by atoms with Crippen LogP contribution in [-0.2, 0) is 0 Å². The summed E-state index contributed by atoms with van der Waals surface area (Å²) in [5, 5.41) is 0. The van der Waals surface area contributed by atoms with Crippen LogP contribution in [0.15, 0.2) is 34.7 Å². The SMILES string of the molecule is COc1ccc(-c2oc(-c3cc(OC)c(OC)c(OC)c3)c(C)c2C)cc1OC. The molecule has 0 saturated carbocycles. The van der Waals surface area contributed by atoms with E-state index in [9.17, 15) is 0 Å². The average Bonchev–Trinajstić information content (AvgIpc) is 3.06. The summed E-state index contributed by atoms with van der Waals surface area (Å²) in [5.41, 5.74) is 3.82. The second-order valence-electron chi connectivity index (χ2n) is 6.49. The van der Waals surface area contributed by atoms with Gasteiger partial charge in [0.05, 0.1) is 35.5 Å². The summed E-state index contributed by atoms with van der Waals surface area (Å²) in [6, 6.07) is 9.48. The van der Waals surface area contributed by atoms with E-state index in [2.05, 4.69) is 0 Å². The Bertz CT molecular complexity index is 993. The van der Waals surface area contributed by atoms with Crippen LogP contribution in [0.25, 0.3) is 22.6 Å². The van der Waals surface area contributed by atoms with Crippen LogP contribution in [0.5, 0.6) is 28.7 Å². The molecule has 0 radical (unpaired) electrons. The largest absolute Gasteiger partial charge is 0.493 e. The first-order valence-corrected chi connectivity index (χ1v) is 9.11. The highest BCUT2D eigenvalue weighted by molar-refractivity contribution is 5.76. The van der Waals surface area contributed by atoms with Gasteiger partial charge in [-0.15, -0.1) is 0 Å². The number of hydrogen-bond acceptors (Lipinski definition) is 6. The molecule has 29 heavy (non-hydrogen) atoms. The number of hydrogen-bond donors (Lipinski definition) is 0. The van der Waals surface area contributed by atoms with Crippen molar-refractivity contribution < 1.29 is 28.1 Å².